The Kier molecular flexibility index (Phi) is 6.13. The zero-order chi connectivity index (χ0) is 27.2. The Balaban J connectivity index is 1.21. The Morgan fingerprint density at radius 1 is 0.850 bits per heavy atom. The maximum absolute atomic E-state index is 14.0. The maximum atomic E-state index is 14.0. The molecular formula is C30H28FN7O2. The molecule has 7 rings (SSSR count). The van der Waals surface area contributed by atoms with Gasteiger partial charge in [-0.2, -0.15) is 0 Å². The number of aromatic nitrogens is 5. The molecule has 0 bridgehead atoms. The Morgan fingerprint density at radius 3 is 2.52 bits per heavy atom. The normalized spacial score (nSPS) is 21.0. The summed E-state index contributed by atoms with van der Waals surface area (Å²) >= 11 is 0. The van der Waals surface area contributed by atoms with Gasteiger partial charge in [0.1, 0.15) is 23.1 Å². The van der Waals surface area contributed by atoms with E-state index in [0.717, 1.165) is 53.4 Å². The summed E-state index contributed by atoms with van der Waals surface area (Å²) in [5.41, 5.74) is 4.79. The number of hydrogen-bond acceptors (Lipinski definition) is 8. The molecule has 4 aromatic heterocycles. The highest BCUT2D eigenvalue weighted by Crippen LogP contribution is 2.36. The largest absolute Gasteiger partial charge is 0.389 e. The standard InChI is InChI=1S/C30H28FN7O2/c31-21-5-1-4-20(14-21)24-8-3-13-37(24)29-10-9-28-33-16-25(38(28)35-29)23-7-2-6-22(34-23)19-11-12-32-30(15-19)36-17-26(39)27(40)18-36/h1-2,4-7,9-12,14-16,24,26-27,39-40H,3,8,13,17-18H2/t24?,26-,27-/m1/s1. The fourth-order valence-corrected chi connectivity index (χ4v) is 5.74. The molecule has 0 aliphatic carbocycles. The van der Waals surface area contributed by atoms with Crippen molar-refractivity contribution in [1.29, 1.82) is 0 Å². The summed E-state index contributed by atoms with van der Waals surface area (Å²) in [6.45, 7) is 1.50. The lowest BCUT2D eigenvalue weighted by molar-refractivity contribution is 0.0572. The van der Waals surface area contributed by atoms with E-state index >= 15 is 0 Å². The molecule has 0 spiro atoms. The number of fused-ring (bicyclic) bond motifs is 1. The van der Waals surface area contributed by atoms with Crippen molar-refractivity contribution in [1.82, 2.24) is 24.6 Å². The summed E-state index contributed by atoms with van der Waals surface area (Å²) in [5.74, 6) is 1.26. The van der Waals surface area contributed by atoms with Gasteiger partial charge in [-0.05, 0) is 66.9 Å². The minimum absolute atomic E-state index is 0.0628. The molecule has 2 aliphatic heterocycles. The number of aliphatic hydroxyl groups excluding tert-OH is 2. The lowest BCUT2D eigenvalue weighted by atomic mass is 10.0. The number of benzene rings is 1. The molecule has 9 nitrogen and oxygen atoms in total. The van der Waals surface area contributed by atoms with Crippen LogP contribution in [0.5, 0.6) is 0 Å². The third kappa shape index (κ3) is 4.44. The quantitative estimate of drug-likeness (QED) is 0.348. The van der Waals surface area contributed by atoms with Crippen LogP contribution >= 0.6 is 0 Å². The summed E-state index contributed by atoms with van der Waals surface area (Å²) < 4.78 is 15.8. The van der Waals surface area contributed by atoms with Crippen molar-refractivity contribution in [3.8, 4) is 22.6 Å². The van der Waals surface area contributed by atoms with Gasteiger partial charge < -0.3 is 20.0 Å². The van der Waals surface area contributed by atoms with E-state index < -0.39 is 12.2 Å². The van der Waals surface area contributed by atoms with E-state index in [1.807, 2.05) is 57.9 Å². The van der Waals surface area contributed by atoms with Crippen LogP contribution in [0.15, 0.2) is 79.1 Å². The first kappa shape index (κ1) is 24.6. The van der Waals surface area contributed by atoms with Gasteiger partial charge in [0.25, 0.3) is 0 Å². The van der Waals surface area contributed by atoms with Crippen LogP contribution in [-0.2, 0) is 0 Å². The second-order valence-electron chi connectivity index (χ2n) is 10.4. The SMILES string of the molecule is O[C@@H]1CN(c2cc(-c3cccc(-c4cnc5ccc(N6CCCC6c6cccc(F)c6)nn45)n3)ccn2)C[C@H]1O. The topological polar surface area (TPSA) is 103 Å². The van der Waals surface area contributed by atoms with Crippen LogP contribution in [0.4, 0.5) is 16.0 Å². The van der Waals surface area contributed by atoms with E-state index in [1.165, 1.54) is 6.07 Å². The molecule has 2 N–H and O–H groups in total. The molecule has 2 aliphatic rings. The van der Waals surface area contributed by atoms with Crippen molar-refractivity contribution in [2.45, 2.75) is 31.1 Å². The Hall–Kier alpha value is -4.41. The molecule has 1 unspecified atom stereocenters. The van der Waals surface area contributed by atoms with Gasteiger partial charge in [-0.25, -0.2) is 23.9 Å². The van der Waals surface area contributed by atoms with Crippen LogP contribution in [0.1, 0.15) is 24.4 Å². The zero-order valence-corrected chi connectivity index (χ0v) is 21.7. The smallest absolute Gasteiger partial charge is 0.154 e. The number of nitrogens with zero attached hydrogens (tertiary/aromatic N) is 7. The van der Waals surface area contributed by atoms with Gasteiger partial charge in [0.15, 0.2) is 5.65 Å². The third-order valence-electron chi connectivity index (χ3n) is 7.76. The molecule has 202 valence electrons. The number of halogens is 1. The average Bonchev–Trinajstić information content (AvgIpc) is 3.72. The lowest BCUT2D eigenvalue weighted by Crippen LogP contribution is -2.24. The van der Waals surface area contributed by atoms with E-state index in [9.17, 15) is 14.6 Å². The number of imidazole rings is 1. The molecule has 2 fully saturated rings. The number of hydrogen-bond donors (Lipinski definition) is 2. The van der Waals surface area contributed by atoms with E-state index in [1.54, 1.807) is 24.5 Å². The molecular weight excluding hydrogens is 509 g/mol. The molecule has 40 heavy (non-hydrogen) atoms. The maximum Gasteiger partial charge on any atom is 0.154 e. The van der Waals surface area contributed by atoms with Gasteiger partial charge in [0, 0.05) is 31.4 Å². The van der Waals surface area contributed by atoms with Crippen LogP contribution in [0.2, 0.25) is 0 Å². The fourth-order valence-electron chi connectivity index (χ4n) is 5.74. The first-order chi connectivity index (χ1) is 19.5. The predicted octanol–water partition coefficient (Wildman–Crippen LogP) is 3.88. The van der Waals surface area contributed by atoms with Gasteiger partial charge in [-0.3, -0.25) is 0 Å². The van der Waals surface area contributed by atoms with Crippen LogP contribution in [0.25, 0.3) is 28.3 Å². The zero-order valence-electron chi connectivity index (χ0n) is 21.7. The second kappa shape index (κ2) is 9.96. The van der Waals surface area contributed by atoms with Crippen molar-refractivity contribution in [3.05, 3.63) is 90.5 Å². The van der Waals surface area contributed by atoms with Crippen LogP contribution in [0, 0.1) is 5.82 Å². The highest BCUT2D eigenvalue weighted by molar-refractivity contribution is 5.68. The molecule has 0 radical (unpaired) electrons. The Labute approximate surface area is 230 Å². The monoisotopic (exact) mass is 537 g/mol. The molecule has 10 heteroatoms. The number of anilines is 2. The van der Waals surface area contributed by atoms with Crippen molar-refractivity contribution >= 4 is 17.3 Å². The summed E-state index contributed by atoms with van der Waals surface area (Å²) in [5, 5.41) is 24.9. The van der Waals surface area contributed by atoms with Crippen molar-refractivity contribution < 1.29 is 14.6 Å². The third-order valence-corrected chi connectivity index (χ3v) is 7.76. The molecule has 0 amide bonds. The fraction of sp³-hybridized carbons (Fsp3) is 0.267. The first-order valence-electron chi connectivity index (χ1n) is 13.5. The van der Waals surface area contributed by atoms with Gasteiger partial charge >= 0.3 is 0 Å². The molecule has 6 heterocycles. The molecule has 0 saturated carbocycles. The first-order valence-corrected chi connectivity index (χ1v) is 13.5. The number of aliphatic hydroxyl groups is 2. The number of rotatable bonds is 5. The van der Waals surface area contributed by atoms with Gasteiger partial charge in [0.2, 0.25) is 0 Å². The van der Waals surface area contributed by atoms with Crippen molar-refractivity contribution in [2.24, 2.45) is 0 Å². The number of pyridine rings is 2. The van der Waals surface area contributed by atoms with Gasteiger partial charge in [-0.1, -0.05) is 18.2 Å². The summed E-state index contributed by atoms with van der Waals surface area (Å²) in [6.07, 6.45) is 3.85. The molecule has 2 saturated heterocycles. The van der Waals surface area contributed by atoms with E-state index in [2.05, 4.69) is 14.9 Å². The summed E-state index contributed by atoms with van der Waals surface area (Å²) in [4.78, 5) is 18.0. The Bertz CT molecular complexity index is 1680. The minimum atomic E-state index is -0.788. The average molecular weight is 538 g/mol. The summed E-state index contributed by atoms with van der Waals surface area (Å²) in [7, 11) is 0. The van der Waals surface area contributed by atoms with Crippen LogP contribution in [-0.4, -0.2) is 66.6 Å². The van der Waals surface area contributed by atoms with Crippen molar-refractivity contribution in [3.63, 3.8) is 0 Å². The summed E-state index contributed by atoms with van der Waals surface area (Å²) in [6, 6.07) is 20.4. The van der Waals surface area contributed by atoms with Crippen molar-refractivity contribution in [2.75, 3.05) is 29.4 Å². The minimum Gasteiger partial charge on any atom is -0.389 e. The highest BCUT2D eigenvalue weighted by Gasteiger charge is 2.31. The van der Waals surface area contributed by atoms with Gasteiger partial charge in [0.05, 0.1) is 35.8 Å². The highest BCUT2D eigenvalue weighted by atomic mass is 19.1. The molecule has 5 aromatic rings. The second-order valence-corrected chi connectivity index (χ2v) is 10.4. The Morgan fingerprint density at radius 2 is 1.68 bits per heavy atom. The molecule has 1 aromatic carbocycles. The predicted molar refractivity (Wildman–Crippen MR) is 149 cm³/mol. The number of β-amino-alcohol motifs (C(OH)–C–C–N with tert-alkyl or cyclic N) is 2. The van der Waals surface area contributed by atoms with E-state index in [4.69, 9.17) is 10.1 Å². The van der Waals surface area contributed by atoms with Crippen LogP contribution in [0.3, 0.4) is 0 Å². The molecule has 3 atom stereocenters. The lowest BCUT2D eigenvalue weighted by Gasteiger charge is -2.26. The van der Waals surface area contributed by atoms with E-state index in [0.29, 0.717) is 24.6 Å². The van der Waals surface area contributed by atoms with Gasteiger partial charge in [-0.15, -0.1) is 5.10 Å². The van der Waals surface area contributed by atoms with Crippen LogP contribution < -0.4 is 9.80 Å². The van der Waals surface area contributed by atoms with E-state index in [-0.39, 0.29) is 11.9 Å².